The molecule has 86 valence electrons. The van der Waals surface area contributed by atoms with Crippen LogP contribution < -0.4 is 5.32 Å². The van der Waals surface area contributed by atoms with Gasteiger partial charge in [-0.05, 0) is 19.1 Å². The molecule has 1 aromatic carbocycles. The minimum absolute atomic E-state index is 0.372. The Morgan fingerprint density at radius 1 is 1.31 bits per heavy atom. The van der Waals surface area contributed by atoms with E-state index >= 15 is 0 Å². The molecule has 0 aliphatic rings. The maximum Gasteiger partial charge on any atom is 0.341 e. The first-order valence-electron chi connectivity index (χ1n) is 4.65. The summed E-state index contributed by atoms with van der Waals surface area (Å²) in [6, 6.07) is 8.58. The van der Waals surface area contributed by atoms with E-state index in [2.05, 4.69) is 22.7 Å². The minimum Gasteiger partial charge on any atom is -0.467 e. The first-order chi connectivity index (χ1) is 7.47. The van der Waals surface area contributed by atoms with Crippen LogP contribution in [0.5, 0.6) is 0 Å². The molecule has 1 amide bonds. The Morgan fingerprint density at radius 3 is 2.38 bits per heavy atom. The molecule has 0 aliphatic carbocycles. The molecule has 1 aromatic rings. The SMILES string of the molecule is COC(=O)C(C)(S)NC(=O)c1ccccc1. The van der Waals surface area contributed by atoms with Gasteiger partial charge in [0.25, 0.3) is 5.91 Å². The Balaban J connectivity index is 2.76. The van der Waals surface area contributed by atoms with Crippen molar-refractivity contribution in [3.8, 4) is 0 Å². The summed E-state index contributed by atoms with van der Waals surface area (Å²) in [6.07, 6.45) is 0. The summed E-state index contributed by atoms with van der Waals surface area (Å²) in [5, 5.41) is 2.47. The van der Waals surface area contributed by atoms with Crippen LogP contribution in [-0.2, 0) is 9.53 Å². The Kier molecular flexibility index (Phi) is 3.95. The van der Waals surface area contributed by atoms with Gasteiger partial charge in [-0.1, -0.05) is 18.2 Å². The summed E-state index contributed by atoms with van der Waals surface area (Å²) in [6.45, 7) is 1.46. The highest BCUT2D eigenvalue weighted by molar-refractivity contribution is 7.82. The second kappa shape index (κ2) is 5.03. The second-order valence-corrected chi connectivity index (χ2v) is 4.28. The lowest BCUT2D eigenvalue weighted by Gasteiger charge is -2.21. The molecule has 0 aliphatic heterocycles. The van der Waals surface area contributed by atoms with Gasteiger partial charge < -0.3 is 10.1 Å². The van der Waals surface area contributed by atoms with Crippen molar-refractivity contribution >= 4 is 24.5 Å². The van der Waals surface area contributed by atoms with Crippen LogP contribution in [0.2, 0.25) is 0 Å². The summed E-state index contributed by atoms with van der Waals surface area (Å²) in [7, 11) is 1.24. The number of carbonyl (C=O) groups excluding carboxylic acids is 2. The van der Waals surface area contributed by atoms with Crippen molar-refractivity contribution < 1.29 is 14.3 Å². The van der Waals surface area contributed by atoms with Crippen molar-refractivity contribution in [3.63, 3.8) is 0 Å². The molecule has 5 heteroatoms. The lowest BCUT2D eigenvalue weighted by molar-refractivity contribution is -0.143. The molecule has 0 fully saturated rings. The molecule has 0 aromatic heterocycles. The molecule has 0 heterocycles. The number of rotatable bonds is 3. The van der Waals surface area contributed by atoms with E-state index in [4.69, 9.17) is 0 Å². The highest BCUT2D eigenvalue weighted by Crippen LogP contribution is 2.12. The number of esters is 1. The summed E-state index contributed by atoms with van der Waals surface area (Å²) < 4.78 is 4.52. The summed E-state index contributed by atoms with van der Waals surface area (Å²) >= 11 is 4.04. The third kappa shape index (κ3) is 3.00. The van der Waals surface area contributed by atoms with E-state index in [1.165, 1.54) is 14.0 Å². The number of amides is 1. The molecule has 16 heavy (non-hydrogen) atoms. The highest BCUT2D eigenvalue weighted by atomic mass is 32.1. The number of thiol groups is 1. The third-order valence-electron chi connectivity index (χ3n) is 1.98. The molecule has 0 radical (unpaired) electrons. The van der Waals surface area contributed by atoms with E-state index < -0.39 is 10.8 Å². The fourth-order valence-electron chi connectivity index (χ4n) is 1.13. The summed E-state index contributed by atoms with van der Waals surface area (Å²) in [4.78, 5) is 21.7. The quantitative estimate of drug-likeness (QED) is 0.474. The summed E-state index contributed by atoms with van der Waals surface area (Å²) in [5.41, 5.74) is 0.465. The number of benzene rings is 1. The van der Waals surface area contributed by atoms with Crippen molar-refractivity contribution in [2.45, 2.75) is 11.8 Å². The standard InChI is InChI=1S/C11H13NO3S/c1-11(16,10(14)15-2)12-9(13)8-6-4-3-5-7-8/h3-7,16H,1-2H3,(H,12,13). The lowest BCUT2D eigenvalue weighted by Crippen LogP contribution is -2.48. The zero-order valence-corrected chi connectivity index (χ0v) is 9.95. The van der Waals surface area contributed by atoms with Crippen LogP contribution in [0.1, 0.15) is 17.3 Å². The molecule has 1 unspecified atom stereocenters. The average molecular weight is 239 g/mol. The smallest absolute Gasteiger partial charge is 0.341 e. The molecule has 1 N–H and O–H groups in total. The van der Waals surface area contributed by atoms with Gasteiger partial charge >= 0.3 is 5.97 Å². The fourth-order valence-corrected chi connectivity index (χ4v) is 1.33. The van der Waals surface area contributed by atoms with Gasteiger partial charge in [0.15, 0.2) is 4.87 Å². The van der Waals surface area contributed by atoms with Gasteiger partial charge in [-0.15, -0.1) is 12.6 Å². The van der Waals surface area contributed by atoms with Gasteiger partial charge in [0.2, 0.25) is 0 Å². The molecule has 0 saturated heterocycles. The van der Waals surface area contributed by atoms with Crippen molar-refractivity contribution in [1.82, 2.24) is 5.32 Å². The molecular formula is C11H13NO3S. The molecule has 1 rings (SSSR count). The zero-order chi connectivity index (χ0) is 12.2. The predicted molar refractivity (Wildman–Crippen MR) is 63.3 cm³/mol. The van der Waals surface area contributed by atoms with Crippen molar-refractivity contribution in [3.05, 3.63) is 35.9 Å². The van der Waals surface area contributed by atoms with Crippen LogP contribution in [0, 0.1) is 0 Å². The molecule has 0 spiro atoms. The van der Waals surface area contributed by atoms with E-state index in [1.807, 2.05) is 0 Å². The van der Waals surface area contributed by atoms with Gasteiger partial charge in [0, 0.05) is 5.56 Å². The zero-order valence-electron chi connectivity index (χ0n) is 9.06. The second-order valence-electron chi connectivity index (χ2n) is 3.38. The van der Waals surface area contributed by atoms with Crippen molar-refractivity contribution in [1.29, 1.82) is 0 Å². The Bertz CT molecular complexity index is 389. The van der Waals surface area contributed by atoms with Crippen LogP contribution >= 0.6 is 12.6 Å². The van der Waals surface area contributed by atoms with Crippen molar-refractivity contribution in [2.75, 3.05) is 7.11 Å². The van der Waals surface area contributed by atoms with Crippen LogP contribution in [0.25, 0.3) is 0 Å². The molecule has 0 bridgehead atoms. The van der Waals surface area contributed by atoms with Gasteiger partial charge in [0.1, 0.15) is 0 Å². The minimum atomic E-state index is -1.33. The number of nitrogens with one attached hydrogen (secondary N) is 1. The fraction of sp³-hybridized carbons (Fsp3) is 0.273. The van der Waals surface area contributed by atoms with Crippen molar-refractivity contribution in [2.24, 2.45) is 0 Å². The van der Waals surface area contributed by atoms with Gasteiger partial charge in [-0.25, -0.2) is 4.79 Å². The molecule has 4 nitrogen and oxygen atoms in total. The molecule has 0 saturated carbocycles. The average Bonchev–Trinajstić information content (AvgIpc) is 2.28. The van der Waals surface area contributed by atoms with E-state index in [-0.39, 0.29) is 5.91 Å². The largest absolute Gasteiger partial charge is 0.467 e. The Hall–Kier alpha value is -1.49. The number of carbonyl (C=O) groups is 2. The molecular weight excluding hydrogens is 226 g/mol. The van der Waals surface area contributed by atoms with Gasteiger partial charge in [0.05, 0.1) is 7.11 Å². The first kappa shape index (κ1) is 12.6. The van der Waals surface area contributed by atoms with Crippen LogP contribution in [-0.4, -0.2) is 23.9 Å². The van der Waals surface area contributed by atoms with Crippen LogP contribution in [0.4, 0.5) is 0 Å². The van der Waals surface area contributed by atoms with Gasteiger partial charge in [-0.3, -0.25) is 4.79 Å². The maximum atomic E-state index is 11.7. The van der Waals surface area contributed by atoms with E-state index in [0.717, 1.165) is 0 Å². The normalized spacial score (nSPS) is 13.7. The number of methoxy groups -OCH3 is 1. The number of hydrogen-bond donors (Lipinski definition) is 2. The Morgan fingerprint density at radius 2 is 1.88 bits per heavy atom. The Labute approximate surface area is 99.4 Å². The highest BCUT2D eigenvalue weighted by Gasteiger charge is 2.31. The van der Waals surface area contributed by atoms with Crippen LogP contribution in [0.3, 0.4) is 0 Å². The summed E-state index contributed by atoms with van der Waals surface area (Å²) in [5.74, 6) is -0.983. The van der Waals surface area contributed by atoms with E-state index in [0.29, 0.717) is 5.56 Å². The number of ether oxygens (including phenoxy) is 1. The predicted octanol–water partition coefficient (Wildman–Crippen LogP) is 1.24. The molecule has 1 atom stereocenters. The van der Waals surface area contributed by atoms with Gasteiger partial charge in [-0.2, -0.15) is 0 Å². The first-order valence-corrected chi connectivity index (χ1v) is 5.10. The topological polar surface area (TPSA) is 55.4 Å². The third-order valence-corrected chi connectivity index (χ3v) is 2.27. The maximum absolute atomic E-state index is 11.7. The lowest BCUT2D eigenvalue weighted by atomic mass is 10.2. The van der Waals surface area contributed by atoms with E-state index in [9.17, 15) is 9.59 Å². The monoisotopic (exact) mass is 239 g/mol. The van der Waals surface area contributed by atoms with E-state index in [1.54, 1.807) is 30.3 Å². The van der Waals surface area contributed by atoms with Crippen LogP contribution in [0.15, 0.2) is 30.3 Å². The number of hydrogen-bond acceptors (Lipinski definition) is 4.